The third kappa shape index (κ3) is 3.53. The van der Waals surface area contributed by atoms with E-state index in [9.17, 15) is 19.1 Å². The van der Waals surface area contributed by atoms with E-state index >= 15 is 0 Å². The number of nitrogens with zero attached hydrogens (tertiary/aromatic N) is 1. The lowest BCUT2D eigenvalue weighted by atomic mass is 10.1. The highest BCUT2D eigenvalue weighted by Crippen LogP contribution is 2.26. The van der Waals surface area contributed by atoms with Gasteiger partial charge in [-0.2, -0.15) is 0 Å². The first-order valence-corrected chi connectivity index (χ1v) is 7.98. The zero-order valence-corrected chi connectivity index (χ0v) is 14.1. The minimum absolute atomic E-state index is 0.0486. The van der Waals surface area contributed by atoms with Crippen molar-refractivity contribution in [3.05, 3.63) is 53.3 Å². The number of hydrogen-bond donors (Lipinski definition) is 3. The zero-order chi connectivity index (χ0) is 18.7. The van der Waals surface area contributed by atoms with Gasteiger partial charge < -0.3 is 20.5 Å². The molecule has 1 aliphatic rings. The molecule has 0 aromatic heterocycles. The summed E-state index contributed by atoms with van der Waals surface area (Å²) in [5.74, 6) is -1.02. The number of methoxy groups -OCH3 is 1. The van der Waals surface area contributed by atoms with E-state index < -0.39 is 11.7 Å². The molecule has 1 aliphatic heterocycles. The fourth-order valence-corrected chi connectivity index (χ4v) is 2.70. The average molecular weight is 359 g/mol. The van der Waals surface area contributed by atoms with Crippen LogP contribution in [0.3, 0.4) is 0 Å². The van der Waals surface area contributed by atoms with Crippen molar-refractivity contribution in [2.24, 2.45) is 0 Å². The van der Waals surface area contributed by atoms with E-state index in [1.54, 1.807) is 12.1 Å². The molecule has 0 bridgehead atoms. The standard InChI is InChI=1S/C18H18FN3O4/c1-26-16-5-2-11(8-15(16)23)10-21-17(24)13-9-12(3-4-14(13)19)22-7-6-20-18(22)25/h2-5,8-9,23H,6-7,10H2,1H3,(H,20,25)(H,21,24). The highest BCUT2D eigenvalue weighted by molar-refractivity contribution is 5.98. The summed E-state index contributed by atoms with van der Waals surface area (Å²) in [4.78, 5) is 25.5. The molecule has 2 aromatic carbocycles. The monoisotopic (exact) mass is 359 g/mol. The SMILES string of the molecule is COc1ccc(CNC(=O)c2cc(N3CCNC3=O)ccc2F)cc1O. The summed E-state index contributed by atoms with van der Waals surface area (Å²) in [6.07, 6.45) is 0. The number of phenols is 1. The van der Waals surface area contributed by atoms with Gasteiger partial charge in [0.2, 0.25) is 0 Å². The van der Waals surface area contributed by atoms with Crippen molar-refractivity contribution in [3.8, 4) is 11.5 Å². The molecule has 0 atom stereocenters. The number of rotatable bonds is 5. The fourth-order valence-electron chi connectivity index (χ4n) is 2.70. The van der Waals surface area contributed by atoms with Crippen LogP contribution in [0.15, 0.2) is 36.4 Å². The third-order valence-corrected chi connectivity index (χ3v) is 4.06. The lowest BCUT2D eigenvalue weighted by molar-refractivity contribution is 0.0946. The van der Waals surface area contributed by atoms with Crippen LogP contribution in [0.1, 0.15) is 15.9 Å². The molecule has 0 radical (unpaired) electrons. The smallest absolute Gasteiger partial charge is 0.321 e. The number of hydrogen-bond acceptors (Lipinski definition) is 4. The number of benzene rings is 2. The molecule has 26 heavy (non-hydrogen) atoms. The Morgan fingerprint density at radius 2 is 2.15 bits per heavy atom. The van der Waals surface area contributed by atoms with Gasteiger partial charge in [-0.25, -0.2) is 9.18 Å². The molecule has 8 heteroatoms. The maximum absolute atomic E-state index is 14.1. The van der Waals surface area contributed by atoms with Gasteiger partial charge in [-0.05, 0) is 35.9 Å². The van der Waals surface area contributed by atoms with Gasteiger partial charge in [0.15, 0.2) is 11.5 Å². The molecule has 0 spiro atoms. The Labute approximate surface area is 149 Å². The first-order chi connectivity index (χ1) is 12.5. The Morgan fingerprint density at radius 3 is 2.81 bits per heavy atom. The molecule has 0 unspecified atom stereocenters. The summed E-state index contributed by atoms with van der Waals surface area (Å²) in [5.41, 5.74) is 0.931. The van der Waals surface area contributed by atoms with E-state index in [2.05, 4.69) is 10.6 Å². The number of carbonyl (C=O) groups excluding carboxylic acids is 2. The Bertz CT molecular complexity index is 856. The minimum Gasteiger partial charge on any atom is -0.504 e. The molecule has 1 fully saturated rings. The number of nitrogens with one attached hydrogen (secondary N) is 2. The molecule has 3 amide bonds. The van der Waals surface area contributed by atoms with Crippen molar-refractivity contribution in [2.45, 2.75) is 6.54 Å². The van der Waals surface area contributed by atoms with Crippen molar-refractivity contribution in [1.29, 1.82) is 0 Å². The third-order valence-electron chi connectivity index (χ3n) is 4.06. The summed E-state index contributed by atoms with van der Waals surface area (Å²) in [7, 11) is 1.44. The van der Waals surface area contributed by atoms with Crippen LogP contribution in [-0.4, -0.2) is 37.2 Å². The number of aromatic hydroxyl groups is 1. The van der Waals surface area contributed by atoms with Gasteiger partial charge in [0, 0.05) is 25.3 Å². The normalized spacial score (nSPS) is 13.5. The Kier molecular flexibility index (Phi) is 4.92. The van der Waals surface area contributed by atoms with E-state index in [-0.39, 0.29) is 23.9 Å². The molecule has 7 nitrogen and oxygen atoms in total. The number of halogens is 1. The quantitative estimate of drug-likeness (QED) is 0.762. The predicted molar refractivity (Wildman–Crippen MR) is 93.0 cm³/mol. The van der Waals surface area contributed by atoms with Gasteiger partial charge in [0.05, 0.1) is 12.7 Å². The Balaban J connectivity index is 1.73. The first-order valence-electron chi connectivity index (χ1n) is 7.98. The molecule has 136 valence electrons. The van der Waals surface area contributed by atoms with E-state index in [1.165, 1.54) is 30.2 Å². The molecule has 3 rings (SSSR count). The molecular weight excluding hydrogens is 341 g/mol. The highest BCUT2D eigenvalue weighted by atomic mass is 19.1. The largest absolute Gasteiger partial charge is 0.504 e. The molecular formula is C18H18FN3O4. The minimum atomic E-state index is -0.677. The van der Waals surface area contributed by atoms with Crippen LogP contribution in [0.25, 0.3) is 0 Å². The van der Waals surface area contributed by atoms with Gasteiger partial charge in [-0.15, -0.1) is 0 Å². The highest BCUT2D eigenvalue weighted by Gasteiger charge is 2.23. The van der Waals surface area contributed by atoms with Gasteiger partial charge in [0.1, 0.15) is 5.82 Å². The second-order valence-electron chi connectivity index (χ2n) is 5.74. The molecule has 0 aliphatic carbocycles. The second kappa shape index (κ2) is 7.30. The van der Waals surface area contributed by atoms with Crippen LogP contribution in [0, 0.1) is 5.82 Å². The fraction of sp³-hybridized carbons (Fsp3) is 0.222. The maximum Gasteiger partial charge on any atom is 0.321 e. The number of amides is 3. The van der Waals surface area contributed by atoms with Crippen molar-refractivity contribution >= 4 is 17.6 Å². The lowest BCUT2D eigenvalue weighted by Gasteiger charge is -2.15. The summed E-state index contributed by atoms with van der Waals surface area (Å²) < 4.78 is 19.0. The van der Waals surface area contributed by atoms with Crippen molar-refractivity contribution in [3.63, 3.8) is 0 Å². The first kappa shape index (κ1) is 17.5. The molecule has 2 aromatic rings. The average Bonchev–Trinajstić information content (AvgIpc) is 3.06. The van der Waals surface area contributed by atoms with Gasteiger partial charge in [-0.1, -0.05) is 6.07 Å². The second-order valence-corrected chi connectivity index (χ2v) is 5.74. The van der Waals surface area contributed by atoms with Crippen LogP contribution in [-0.2, 0) is 6.54 Å². The molecule has 3 N–H and O–H groups in total. The van der Waals surface area contributed by atoms with Crippen LogP contribution >= 0.6 is 0 Å². The van der Waals surface area contributed by atoms with Crippen LogP contribution < -0.4 is 20.3 Å². The summed E-state index contributed by atoms with van der Waals surface area (Å²) in [6.45, 7) is 1.06. The number of carbonyl (C=O) groups is 2. The van der Waals surface area contributed by atoms with Gasteiger partial charge in [-0.3, -0.25) is 9.69 Å². The van der Waals surface area contributed by atoms with Crippen LogP contribution in [0.2, 0.25) is 0 Å². The molecule has 1 saturated heterocycles. The van der Waals surface area contributed by atoms with E-state index in [4.69, 9.17) is 4.74 Å². The Hall–Kier alpha value is -3.29. The van der Waals surface area contributed by atoms with E-state index in [1.807, 2.05) is 0 Å². The van der Waals surface area contributed by atoms with Crippen molar-refractivity contribution in [1.82, 2.24) is 10.6 Å². The zero-order valence-electron chi connectivity index (χ0n) is 14.1. The summed E-state index contributed by atoms with van der Waals surface area (Å²) >= 11 is 0. The molecule has 1 heterocycles. The number of anilines is 1. The summed E-state index contributed by atoms with van der Waals surface area (Å²) in [6, 6.07) is 8.40. The Morgan fingerprint density at radius 1 is 1.35 bits per heavy atom. The van der Waals surface area contributed by atoms with E-state index in [0.29, 0.717) is 30.1 Å². The maximum atomic E-state index is 14.1. The van der Waals surface area contributed by atoms with Gasteiger partial charge in [0.25, 0.3) is 5.91 Å². The summed E-state index contributed by atoms with van der Waals surface area (Å²) in [5, 5.41) is 15.0. The number of phenolic OH excluding ortho intramolecular Hbond substituents is 1. The van der Waals surface area contributed by atoms with Gasteiger partial charge >= 0.3 is 6.03 Å². The van der Waals surface area contributed by atoms with Crippen LogP contribution in [0.4, 0.5) is 14.9 Å². The van der Waals surface area contributed by atoms with E-state index in [0.717, 1.165) is 6.07 Å². The topological polar surface area (TPSA) is 90.9 Å². The predicted octanol–water partition coefficient (Wildman–Crippen LogP) is 2.00. The number of urea groups is 1. The lowest BCUT2D eigenvalue weighted by Crippen LogP contribution is -2.29. The number of ether oxygens (including phenoxy) is 1. The van der Waals surface area contributed by atoms with Crippen LogP contribution in [0.5, 0.6) is 11.5 Å². The van der Waals surface area contributed by atoms with Crippen molar-refractivity contribution < 1.29 is 23.8 Å². The molecule has 0 saturated carbocycles. The van der Waals surface area contributed by atoms with Crippen molar-refractivity contribution in [2.75, 3.05) is 25.1 Å².